The molecule has 0 unspecified atom stereocenters. The molecule has 0 radical (unpaired) electrons. The second-order valence-corrected chi connectivity index (χ2v) is 5.20. The molecule has 1 atom stereocenters. The van der Waals surface area contributed by atoms with Gasteiger partial charge in [0.2, 0.25) is 0 Å². The third kappa shape index (κ3) is 2.78. The molecule has 0 fully saturated rings. The van der Waals surface area contributed by atoms with Crippen LogP contribution in [0.4, 0.5) is 0 Å². The number of fused-ring (bicyclic) bond motifs is 1. The van der Waals surface area contributed by atoms with Gasteiger partial charge in [-0.1, -0.05) is 30.3 Å². The first-order valence-corrected chi connectivity index (χ1v) is 7.21. The average Bonchev–Trinajstić information content (AvgIpc) is 3.01. The van der Waals surface area contributed by atoms with Gasteiger partial charge in [-0.25, -0.2) is 0 Å². The van der Waals surface area contributed by atoms with Gasteiger partial charge in [-0.15, -0.1) is 0 Å². The van der Waals surface area contributed by atoms with Crippen LogP contribution in [0.1, 0.15) is 24.1 Å². The third-order valence-corrected chi connectivity index (χ3v) is 3.89. The predicted octanol–water partition coefficient (Wildman–Crippen LogP) is 4.03. The van der Waals surface area contributed by atoms with Crippen molar-refractivity contribution in [2.24, 2.45) is 0 Å². The Morgan fingerprint density at radius 2 is 1.95 bits per heavy atom. The van der Waals surface area contributed by atoms with Crippen LogP contribution >= 0.6 is 0 Å². The normalized spacial score (nSPS) is 12.5. The fraction of sp³-hybridized carbons (Fsp3) is 0.222. The molecule has 3 aromatic rings. The molecule has 0 saturated heterocycles. The number of aromatic amines is 1. The molecule has 0 bridgehead atoms. The quantitative estimate of drug-likeness (QED) is 0.740. The number of methoxy groups -OCH3 is 1. The minimum absolute atomic E-state index is 0.232. The Morgan fingerprint density at radius 1 is 1.10 bits per heavy atom. The van der Waals surface area contributed by atoms with Crippen molar-refractivity contribution in [1.29, 1.82) is 0 Å². The Morgan fingerprint density at radius 3 is 2.81 bits per heavy atom. The lowest BCUT2D eigenvalue weighted by Gasteiger charge is -2.17. The third-order valence-electron chi connectivity index (χ3n) is 3.89. The largest absolute Gasteiger partial charge is 0.496 e. The maximum absolute atomic E-state index is 5.43. The summed E-state index contributed by atoms with van der Waals surface area (Å²) in [5.74, 6) is 0.928. The second kappa shape index (κ2) is 6.02. The summed E-state index contributed by atoms with van der Waals surface area (Å²) in [6.45, 7) is 2.99. The summed E-state index contributed by atoms with van der Waals surface area (Å²) in [6, 6.07) is 16.9. The smallest absolute Gasteiger partial charge is 0.123 e. The van der Waals surface area contributed by atoms with Crippen LogP contribution in [0.2, 0.25) is 0 Å². The molecule has 1 aromatic heterocycles. The van der Waals surface area contributed by atoms with E-state index >= 15 is 0 Å². The van der Waals surface area contributed by atoms with Gasteiger partial charge in [0, 0.05) is 35.2 Å². The molecule has 21 heavy (non-hydrogen) atoms. The number of ether oxygens (including phenoxy) is 1. The minimum atomic E-state index is 0.232. The highest BCUT2D eigenvalue weighted by molar-refractivity contribution is 5.82. The topological polar surface area (TPSA) is 37.0 Å². The van der Waals surface area contributed by atoms with Crippen LogP contribution in [0.25, 0.3) is 10.9 Å². The summed E-state index contributed by atoms with van der Waals surface area (Å²) in [6.07, 6.45) is 1.98. The SMILES string of the molecule is COc1ccccc1[C@H](C)NCc1cccc2[nH]ccc12. The van der Waals surface area contributed by atoms with Gasteiger partial charge < -0.3 is 15.0 Å². The Balaban J connectivity index is 1.77. The highest BCUT2D eigenvalue weighted by atomic mass is 16.5. The number of rotatable bonds is 5. The van der Waals surface area contributed by atoms with E-state index in [1.165, 1.54) is 22.0 Å². The number of aromatic nitrogens is 1. The van der Waals surface area contributed by atoms with Gasteiger partial charge in [-0.05, 0) is 30.7 Å². The molecule has 0 aliphatic carbocycles. The Labute approximate surface area is 125 Å². The van der Waals surface area contributed by atoms with E-state index in [2.05, 4.69) is 47.6 Å². The van der Waals surface area contributed by atoms with E-state index in [1.54, 1.807) is 7.11 Å². The maximum atomic E-state index is 5.43. The van der Waals surface area contributed by atoms with Gasteiger partial charge >= 0.3 is 0 Å². The minimum Gasteiger partial charge on any atom is -0.496 e. The summed E-state index contributed by atoms with van der Waals surface area (Å²) in [5, 5.41) is 4.85. The first-order chi connectivity index (χ1) is 10.3. The molecule has 0 saturated carbocycles. The van der Waals surface area contributed by atoms with Gasteiger partial charge in [-0.2, -0.15) is 0 Å². The summed E-state index contributed by atoms with van der Waals surface area (Å²) in [4.78, 5) is 3.25. The van der Waals surface area contributed by atoms with E-state index < -0.39 is 0 Å². The summed E-state index contributed by atoms with van der Waals surface area (Å²) < 4.78 is 5.43. The van der Waals surface area contributed by atoms with Crippen LogP contribution < -0.4 is 10.1 Å². The van der Waals surface area contributed by atoms with Crippen molar-refractivity contribution in [2.45, 2.75) is 19.5 Å². The summed E-state index contributed by atoms with van der Waals surface area (Å²) in [5.41, 5.74) is 3.66. The van der Waals surface area contributed by atoms with Gasteiger partial charge in [0.15, 0.2) is 0 Å². The van der Waals surface area contributed by atoms with E-state index in [1.807, 2.05) is 24.4 Å². The molecule has 0 amide bonds. The van der Waals surface area contributed by atoms with E-state index in [0.717, 1.165) is 12.3 Å². The van der Waals surface area contributed by atoms with Gasteiger partial charge in [0.1, 0.15) is 5.75 Å². The fourth-order valence-electron chi connectivity index (χ4n) is 2.70. The predicted molar refractivity (Wildman–Crippen MR) is 86.5 cm³/mol. The molecular formula is C18H20N2O. The molecule has 108 valence electrons. The number of para-hydroxylation sites is 1. The molecule has 3 heteroatoms. The highest BCUT2D eigenvalue weighted by Gasteiger charge is 2.10. The highest BCUT2D eigenvalue weighted by Crippen LogP contribution is 2.25. The Bertz CT molecular complexity index is 733. The first kappa shape index (κ1) is 13.7. The molecule has 1 heterocycles. The van der Waals surface area contributed by atoms with Crippen molar-refractivity contribution in [3.63, 3.8) is 0 Å². The maximum Gasteiger partial charge on any atom is 0.123 e. The Hall–Kier alpha value is -2.26. The van der Waals surface area contributed by atoms with Crippen molar-refractivity contribution >= 4 is 10.9 Å². The number of H-pyrrole nitrogens is 1. The molecular weight excluding hydrogens is 260 g/mol. The zero-order valence-corrected chi connectivity index (χ0v) is 12.4. The van der Waals surface area contributed by atoms with Crippen LogP contribution in [0.15, 0.2) is 54.7 Å². The zero-order valence-electron chi connectivity index (χ0n) is 12.4. The van der Waals surface area contributed by atoms with E-state index in [9.17, 15) is 0 Å². The molecule has 3 rings (SSSR count). The summed E-state index contributed by atoms with van der Waals surface area (Å²) >= 11 is 0. The average molecular weight is 280 g/mol. The number of benzene rings is 2. The van der Waals surface area contributed by atoms with E-state index in [0.29, 0.717) is 0 Å². The number of nitrogens with one attached hydrogen (secondary N) is 2. The van der Waals surface area contributed by atoms with Gasteiger partial charge in [0.25, 0.3) is 0 Å². The Kier molecular flexibility index (Phi) is 3.93. The van der Waals surface area contributed by atoms with Crippen LogP contribution in [0.3, 0.4) is 0 Å². The van der Waals surface area contributed by atoms with Crippen molar-refractivity contribution in [3.8, 4) is 5.75 Å². The van der Waals surface area contributed by atoms with Crippen molar-refractivity contribution in [3.05, 3.63) is 65.9 Å². The fourth-order valence-corrected chi connectivity index (χ4v) is 2.70. The van der Waals surface area contributed by atoms with E-state index in [-0.39, 0.29) is 6.04 Å². The molecule has 0 aliphatic rings. The van der Waals surface area contributed by atoms with Crippen LogP contribution in [0.5, 0.6) is 5.75 Å². The number of hydrogen-bond acceptors (Lipinski definition) is 2. The van der Waals surface area contributed by atoms with Crippen molar-refractivity contribution in [2.75, 3.05) is 7.11 Å². The zero-order chi connectivity index (χ0) is 14.7. The monoisotopic (exact) mass is 280 g/mol. The summed E-state index contributed by atoms with van der Waals surface area (Å²) in [7, 11) is 1.71. The van der Waals surface area contributed by atoms with Crippen LogP contribution in [-0.2, 0) is 6.54 Å². The lowest BCUT2D eigenvalue weighted by molar-refractivity contribution is 0.401. The molecule has 3 nitrogen and oxygen atoms in total. The van der Waals surface area contributed by atoms with Gasteiger partial charge in [-0.3, -0.25) is 0 Å². The molecule has 2 aromatic carbocycles. The van der Waals surface area contributed by atoms with Crippen molar-refractivity contribution in [1.82, 2.24) is 10.3 Å². The van der Waals surface area contributed by atoms with E-state index in [4.69, 9.17) is 4.74 Å². The second-order valence-electron chi connectivity index (χ2n) is 5.20. The van der Waals surface area contributed by atoms with Crippen molar-refractivity contribution < 1.29 is 4.74 Å². The standard InChI is InChI=1S/C18H20N2O/c1-13(15-7-3-4-9-18(15)21-2)20-12-14-6-5-8-17-16(14)10-11-19-17/h3-11,13,19-20H,12H2,1-2H3/t13-/m0/s1. The van der Waals surface area contributed by atoms with Crippen LogP contribution in [-0.4, -0.2) is 12.1 Å². The van der Waals surface area contributed by atoms with Crippen LogP contribution in [0, 0.1) is 0 Å². The molecule has 0 spiro atoms. The first-order valence-electron chi connectivity index (χ1n) is 7.21. The lowest BCUT2D eigenvalue weighted by atomic mass is 10.1. The van der Waals surface area contributed by atoms with Gasteiger partial charge in [0.05, 0.1) is 7.11 Å². The molecule has 2 N–H and O–H groups in total. The molecule has 0 aliphatic heterocycles. The lowest BCUT2D eigenvalue weighted by Crippen LogP contribution is -2.18. The number of hydrogen-bond donors (Lipinski definition) is 2.